The molecule has 1 aromatic carbocycles. The molecule has 0 aliphatic heterocycles. The Morgan fingerprint density at radius 1 is 1.29 bits per heavy atom. The zero-order valence-electron chi connectivity index (χ0n) is 11.3. The Balaban J connectivity index is 2.17. The van der Waals surface area contributed by atoms with Crippen molar-refractivity contribution in [3.63, 3.8) is 0 Å². The first-order chi connectivity index (χ1) is 10.0. The Hall–Kier alpha value is -1.87. The van der Waals surface area contributed by atoms with Gasteiger partial charge in [-0.1, -0.05) is 28.8 Å². The zero-order chi connectivity index (χ0) is 15.4. The summed E-state index contributed by atoms with van der Waals surface area (Å²) in [5.74, 6) is -2.42. The maximum atomic E-state index is 12.3. The first-order valence-electron chi connectivity index (χ1n) is 6.76. The van der Waals surface area contributed by atoms with E-state index in [0.717, 1.165) is 17.3 Å². The molecule has 2 rings (SSSR count). The number of benzene rings is 1. The Morgan fingerprint density at radius 2 is 1.95 bits per heavy atom. The lowest BCUT2D eigenvalue weighted by Gasteiger charge is -2.27. The topological polar surface area (TPSA) is 90.2 Å². The number of aliphatic carboxylic acids is 1. The fourth-order valence-electron chi connectivity index (χ4n) is 2.68. The molecule has 110 valence electrons. The van der Waals surface area contributed by atoms with Crippen molar-refractivity contribution in [2.75, 3.05) is 5.32 Å². The number of nitriles is 1. The van der Waals surface area contributed by atoms with E-state index in [2.05, 4.69) is 21.2 Å². The molecule has 1 aromatic rings. The highest BCUT2D eigenvalue weighted by molar-refractivity contribution is 9.10. The van der Waals surface area contributed by atoms with Gasteiger partial charge in [-0.25, -0.2) is 0 Å². The largest absolute Gasteiger partial charge is 0.481 e. The van der Waals surface area contributed by atoms with Crippen molar-refractivity contribution < 1.29 is 14.7 Å². The number of anilines is 1. The summed E-state index contributed by atoms with van der Waals surface area (Å²) in [5, 5.41) is 21.0. The molecule has 0 heterocycles. The summed E-state index contributed by atoms with van der Waals surface area (Å²) in [5.41, 5.74) is 0.765. The van der Waals surface area contributed by atoms with Gasteiger partial charge in [0.2, 0.25) is 5.91 Å². The summed E-state index contributed by atoms with van der Waals surface area (Å²) < 4.78 is 0.748. The van der Waals surface area contributed by atoms with Crippen LogP contribution < -0.4 is 5.32 Å². The normalized spacial score (nSPS) is 21.3. The predicted octanol–water partition coefficient (Wildman–Crippen LogP) is 3.15. The van der Waals surface area contributed by atoms with Crippen molar-refractivity contribution in [1.82, 2.24) is 0 Å². The molecule has 0 aromatic heterocycles. The molecule has 5 nitrogen and oxygen atoms in total. The number of halogens is 1. The van der Waals surface area contributed by atoms with Crippen LogP contribution in [0.3, 0.4) is 0 Å². The Kier molecular flexibility index (Phi) is 4.97. The number of nitrogens with one attached hydrogen (secondary N) is 1. The average molecular weight is 351 g/mol. The number of carboxylic acids is 1. The third kappa shape index (κ3) is 3.61. The Morgan fingerprint density at radius 3 is 2.57 bits per heavy atom. The molecule has 0 saturated heterocycles. The summed E-state index contributed by atoms with van der Waals surface area (Å²) in [4.78, 5) is 23.6. The van der Waals surface area contributed by atoms with Crippen LogP contribution in [-0.4, -0.2) is 17.0 Å². The molecular formula is C15H15BrN2O3. The lowest BCUT2D eigenvalue weighted by molar-refractivity contribution is -0.147. The number of carbonyl (C=O) groups excluding carboxylic acids is 1. The first-order valence-corrected chi connectivity index (χ1v) is 7.55. The zero-order valence-corrected chi connectivity index (χ0v) is 12.9. The van der Waals surface area contributed by atoms with Crippen LogP contribution in [0.5, 0.6) is 0 Å². The summed E-state index contributed by atoms with van der Waals surface area (Å²) in [7, 11) is 0. The van der Waals surface area contributed by atoms with Crippen molar-refractivity contribution >= 4 is 33.5 Å². The SMILES string of the molecule is N#Cc1cc(Br)ccc1NC(=O)[C@@H]1CCCC[C@@H]1C(=O)O. The molecule has 2 N–H and O–H groups in total. The second kappa shape index (κ2) is 6.72. The van der Waals surface area contributed by atoms with Gasteiger partial charge in [0, 0.05) is 4.47 Å². The van der Waals surface area contributed by atoms with Crippen LogP contribution in [0.1, 0.15) is 31.2 Å². The van der Waals surface area contributed by atoms with Gasteiger partial charge >= 0.3 is 5.97 Å². The maximum absolute atomic E-state index is 12.3. The molecule has 0 radical (unpaired) electrons. The maximum Gasteiger partial charge on any atom is 0.307 e. The lowest BCUT2D eigenvalue weighted by atomic mass is 9.78. The molecule has 1 amide bonds. The highest BCUT2D eigenvalue weighted by atomic mass is 79.9. The van der Waals surface area contributed by atoms with Gasteiger partial charge in [0.05, 0.1) is 23.1 Å². The number of carboxylic acid groups (broad SMARTS) is 1. The molecule has 2 atom stereocenters. The molecule has 1 fully saturated rings. The minimum Gasteiger partial charge on any atom is -0.481 e. The van der Waals surface area contributed by atoms with E-state index in [9.17, 15) is 14.7 Å². The van der Waals surface area contributed by atoms with Crippen LogP contribution in [0.15, 0.2) is 22.7 Å². The van der Waals surface area contributed by atoms with Gasteiger partial charge in [0.25, 0.3) is 0 Å². The third-order valence-corrected chi connectivity index (χ3v) is 4.27. The monoisotopic (exact) mass is 350 g/mol. The highest BCUT2D eigenvalue weighted by Gasteiger charge is 2.35. The van der Waals surface area contributed by atoms with E-state index in [1.807, 2.05) is 6.07 Å². The van der Waals surface area contributed by atoms with Crippen molar-refractivity contribution in [3.8, 4) is 6.07 Å². The van der Waals surface area contributed by atoms with Crippen LogP contribution in [0.4, 0.5) is 5.69 Å². The van der Waals surface area contributed by atoms with Crippen molar-refractivity contribution in [1.29, 1.82) is 5.26 Å². The number of nitrogens with zero attached hydrogens (tertiary/aromatic N) is 1. The van der Waals surface area contributed by atoms with Gasteiger partial charge in [0.1, 0.15) is 6.07 Å². The number of hydrogen-bond donors (Lipinski definition) is 2. The summed E-state index contributed by atoms with van der Waals surface area (Å²) >= 11 is 3.27. The van der Waals surface area contributed by atoms with Gasteiger partial charge in [-0.15, -0.1) is 0 Å². The average Bonchev–Trinajstić information content (AvgIpc) is 2.48. The molecule has 0 spiro atoms. The van der Waals surface area contributed by atoms with E-state index < -0.39 is 17.8 Å². The van der Waals surface area contributed by atoms with Gasteiger partial charge in [0.15, 0.2) is 0 Å². The van der Waals surface area contributed by atoms with E-state index in [1.165, 1.54) is 0 Å². The van der Waals surface area contributed by atoms with E-state index in [1.54, 1.807) is 18.2 Å². The third-order valence-electron chi connectivity index (χ3n) is 3.78. The van der Waals surface area contributed by atoms with Gasteiger partial charge in [-0.05, 0) is 31.0 Å². The standard InChI is InChI=1S/C15H15BrN2O3/c16-10-5-6-13(9(7-10)8-17)18-14(19)11-3-1-2-4-12(11)15(20)21/h5-7,11-12H,1-4H2,(H,18,19)(H,20,21)/t11-,12+/m1/s1. The van der Waals surface area contributed by atoms with Gasteiger partial charge in [-0.2, -0.15) is 5.26 Å². The first kappa shape index (κ1) is 15.5. The fourth-order valence-corrected chi connectivity index (χ4v) is 3.04. The number of carbonyl (C=O) groups is 2. The summed E-state index contributed by atoms with van der Waals surface area (Å²) in [6.07, 6.45) is 2.79. The Labute approximate surface area is 131 Å². The molecule has 0 bridgehead atoms. The van der Waals surface area contributed by atoms with Crippen molar-refractivity contribution in [3.05, 3.63) is 28.2 Å². The number of rotatable bonds is 3. The van der Waals surface area contributed by atoms with Gasteiger partial charge in [-0.3, -0.25) is 9.59 Å². The molecule has 0 unspecified atom stereocenters. The molecule has 1 aliphatic carbocycles. The van der Waals surface area contributed by atoms with E-state index in [4.69, 9.17) is 5.26 Å². The summed E-state index contributed by atoms with van der Waals surface area (Å²) in [6, 6.07) is 7.00. The highest BCUT2D eigenvalue weighted by Crippen LogP contribution is 2.31. The lowest BCUT2D eigenvalue weighted by Crippen LogP contribution is -2.36. The van der Waals surface area contributed by atoms with Crippen LogP contribution in [0.2, 0.25) is 0 Å². The van der Waals surface area contributed by atoms with Crippen LogP contribution in [0.25, 0.3) is 0 Å². The number of amides is 1. The molecular weight excluding hydrogens is 336 g/mol. The smallest absolute Gasteiger partial charge is 0.307 e. The van der Waals surface area contributed by atoms with Crippen molar-refractivity contribution in [2.45, 2.75) is 25.7 Å². The van der Waals surface area contributed by atoms with E-state index in [-0.39, 0.29) is 5.91 Å². The molecule has 6 heteroatoms. The minimum atomic E-state index is -0.925. The van der Waals surface area contributed by atoms with Gasteiger partial charge < -0.3 is 10.4 Å². The molecule has 1 saturated carbocycles. The van der Waals surface area contributed by atoms with E-state index >= 15 is 0 Å². The van der Waals surface area contributed by atoms with Crippen LogP contribution in [0, 0.1) is 23.2 Å². The Bertz CT molecular complexity index is 609. The van der Waals surface area contributed by atoms with E-state index in [0.29, 0.717) is 24.1 Å². The quantitative estimate of drug-likeness (QED) is 0.875. The van der Waals surface area contributed by atoms with Crippen LogP contribution in [-0.2, 0) is 9.59 Å². The van der Waals surface area contributed by atoms with Crippen molar-refractivity contribution in [2.24, 2.45) is 11.8 Å². The summed E-state index contributed by atoms with van der Waals surface area (Å²) in [6.45, 7) is 0. The second-order valence-corrected chi connectivity index (χ2v) is 6.04. The fraction of sp³-hybridized carbons (Fsp3) is 0.400. The molecule has 1 aliphatic rings. The minimum absolute atomic E-state index is 0.319. The number of hydrogen-bond acceptors (Lipinski definition) is 3. The molecule has 21 heavy (non-hydrogen) atoms. The van der Waals surface area contributed by atoms with Crippen LogP contribution >= 0.6 is 15.9 Å². The predicted molar refractivity (Wildman–Crippen MR) is 80.6 cm³/mol. The second-order valence-electron chi connectivity index (χ2n) is 5.13.